The van der Waals surface area contributed by atoms with E-state index >= 15 is 0 Å². The van der Waals surface area contributed by atoms with Gasteiger partial charge in [0.25, 0.3) is 0 Å². The fraction of sp³-hybridized carbons (Fsp3) is 0.167. The van der Waals surface area contributed by atoms with Crippen molar-refractivity contribution >= 4 is 12.4 Å². The van der Waals surface area contributed by atoms with E-state index in [1.54, 1.807) is 0 Å². The predicted molar refractivity (Wildman–Crippen MR) is 108 cm³/mol. The van der Waals surface area contributed by atoms with Crippen LogP contribution >= 0.6 is 0 Å². The van der Waals surface area contributed by atoms with Gasteiger partial charge in [-0.1, -0.05) is 78.9 Å². The third kappa shape index (κ3) is 3.67. The van der Waals surface area contributed by atoms with Gasteiger partial charge in [-0.25, -0.2) is 4.79 Å². The number of carbonyl (C=O) groups is 2. The topological polar surface area (TPSA) is 55.4 Å². The third-order valence-corrected chi connectivity index (χ3v) is 5.11. The number of amides is 1. The monoisotopic (exact) mass is 371 g/mol. The van der Waals surface area contributed by atoms with Gasteiger partial charge in [0.1, 0.15) is 12.9 Å². The molecule has 4 nitrogen and oxygen atoms in total. The number of alkyl carbamates (subject to hydrolysis) is 1. The van der Waals surface area contributed by atoms with E-state index in [4.69, 9.17) is 4.74 Å². The molecule has 0 saturated carbocycles. The van der Waals surface area contributed by atoms with Crippen molar-refractivity contribution in [3.63, 3.8) is 0 Å². The van der Waals surface area contributed by atoms with Crippen LogP contribution in [0.4, 0.5) is 4.79 Å². The quantitative estimate of drug-likeness (QED) is 0.656. The summed E-state index contributed by atoms with van der Waals surface area (Å²) in [5.41, 5.74) is 5.67. The second-order valence-electron chi connectivity index (χ2n) is 6.90. The summed E-state index contributed by atoms with van der Waals surface area (Å²) in [4.78, 5) is 23.7. The summed E-state index contributed by atoms with van der Waals surface area (Å²) in [5.74, 6) is 0.00181. The summed E-state index contributed by atoms with van der Waals surface area (Å²) in [6, 6.07) is 25.3. The zero-order valence-electron chi connectivity index (χ0n) is 15.4. The minimum atomic E-state index is -0.613. The molecule has 0 aliphatic heterocycles. The molecule has 0 aromatic heterocycles. The minimum Gasteiger partial charge on any atom is -0.449 e. The summed E-state index contributed by atoms with van der Waals surface area (Å²) in [7, 11) is 0. The molecule has 0 unspecified atom stereocenters. The number of carbonyl (C=O) groups excluding carboxylic acids is 2. The molecule has 0 fully saturated rings. The highest BCUT2D eigenvalue weighted by molar-refractivity contribution is 5.79. The first-order valence-corrected chi connectivity index (χ1v) is 9.37. The van der Waals surface area contributed by atoms with E-state index in [-0.39, 0.29) is 12.5 Å². The van der Waals surface area contributed by atoms with Crippen LogP contribution in [0, 0.1) is 0 Å². The molecule has 1 aliphatic carbocycles. The first kappa shape index (κ1) is 18.0. The van der Waals surface area contributed by atoms with Crippen molar-refractivity contribution in [3.8, 4) is 11.1 Å². The SMILES string of the molecule is O=C[C@H](Cc1ccccc1)NC(=O)OCC1c2ccccc2-c2ccccc21. The number of ether oxygens (including phenoxy) is 1. The summed E-state index contributed by atoms with van der Waals surface area (Å²) < 4.78 is 5.50. The molecular weight excluding hydrogens is 350 g/mol. The van der Waals surface area contributed by atoms with E-state index in [0.717, 1.165) is 23.0 Å². The number of hydrogen-bond donors (Lipinski definition) is 1. The highest BCUT2D eigenvalue weighted by Gasteiger charge is 2.29. The Morgan fingerprint density at radius 3 is 2.07 bits per heavy atom. The normalized spacial score (nSPS) is 13.3. The van der Waals surface area contributed by atoms with Gasteiger partial charge >= 0.3 is 6.09 Å². The standard InChI is InChI=1S/C24H21NO3/c26-15-18(14-17-8-2-1-3-9-17)25-24(27)28-16-23-21-12-6-4-10-19(21)20-11-5-7-13-22(20)23/h1-13,15,18,23H,14,16H2,(H,25,27)/t18-/m0/s1. The van der Waals surface area contributed by atoms with Crippen LogP contribution in [-0.4, -0.2) is 25.0 Å². The molecule has 4 rings (SSSR count). The first-order chi connectivity index (χ1) is 13.8. The lowest BCUT2D eigenvalue weighted by Gasteiger charge is -2.16. The predicted octanol–water partition coefficient (Wildman–Crippen LogP) is 4.34. The molecule has 1 aliphatic rings. The Bertz CT molecular complexity index is 938. The second-order valence-corrected chi connectivity index (χ2v) is 6.90. The number of nitrogens with one attached hydrogen (secondary N) is 1. The Morgan fingerprint density at radius 2 is 1.46 bits per heavy atom. The Labute approximate surface area is 164 Å². The maximum atomic E-state index is 12.3. The first-order valence-electron chi connectivity index (χ1n) is 9.37. The molecule has 0 spiro atoms. The van der Waals surface area contributed by atoms with Gasteiger partial charge < -0.3 is 14.8 Å². The summed E-state index contributed by atoms with van der Waals surface area (Å²) >= 11 is 0. The Balaban J connectivity index is 1.41. The van der Waals surface area contributed by atoms with Crippen molar-refractivity contribution in [2.45, 2.75) is 18.4 Å². The van der Waals surface area contributed by atoms with Crippen LogP contribution in [0.3, 0.4) is 0 Å². The van der Waals surface area contributed by atoms with E-state index in [9.17, 15) is 9.59 Å². The Kier molecular flexibility index (Phi) is 5.20. The van der Waals surface area contributed by atoms with Gasteiger partial charge in [-0.15, -0.1) is 0 Å². The number of benzene rings is 3. The van der Waals surface area contributed by atoms with Crippen LogP contribution in [0.15, 0.2) is 78.9 Å². The highest BCUT2D eigenvalue weighted by Crippen LogP contribution is 2.44. The Hall–Kier alpha value is -3.40. The van der Waals surface area contributed by atoms with E-state index in [2.05, 4.69) is 29.6 Å². The molecule has 4 heteroatoms. The van der Waals surface area contributed by atoms with Crippen molar-refractivity contribution in [1.29, 1.82) is 0 Å². The lowest BCUT2D eigenvalue weighted by atomic mass is 9.98. The van der Waals surface area contributed by atoms with E-state index in [1.165, 1.54) is 11.1 Å². The largest absolute Gasteiger partial charge is 0.449 e. The molecule has 28 heavy (non-hydrogen) atoms. The molecule has 0 radical (unpaired) electrons. The van der Waals surface area contributed by atoms with E-state index in [0.29, 0.717) is 6.42 Å². The number of aldehydes is 1. The Morgan fingerprint density at radius 1 is 0.893 bits per heavy atom. The summed E-state index contributed by atoms with van der Waals surface area (Å²) in [6.45, 7) is 0.233. The van der Waals surface area contributed by atoms with Gasteiger partial charge in [0.05, 0.1) is 6.04 Å². The van der Waals surface area contributed by atoms with Gasteiger partial charge in [-0.2, -0.15) is 0 Å². The van der Waals surface area contributed by atoms with Gasteiger partial charge in [0.15, 0.2) is 0 Å². The molecule has 0 bridgehead atoms. The maximum Gasteiger partial charge on any atom is 0.407 e. The molecule has 0 saturated heterocycles. The average Bonchev–Trinajstić information content (AvgIpc) is 3.06. The molecule has 0 heterocycles. The highest BCUT2D eigenvalue weighted by atomic mass is 16.5. The average molecular weight is 371 g/mol. The minimum absolute atomic E-state index is 0.00181. The smallest absolute Gasteiger partial charge is 0.407 e. The zero-order valence-corrected chi connectivity index (χ0v) is 15.4. The molecule has 3 aromatic rings. The van der Waals surface area contributed by atoms with Gasteiger partial charge in [-0.05, 0) is 34.2 Å². The second kappa shape index (κ2) is 8.09. The zero-order chi connectivity index (χ0) is 19.3. The number of hydrogen-bond acceptors (Lipinski definition) is 3. The van der Waals surface area contributed by atoms with Gasteiger partial charge in [0, 0.05) is 5.92 Å². The van der Waals surface area contributed by atoms with Crippen LogP contribution in [0.5, 0.6) is 0 Å². The van der Waals surface area contributed by atoms with Crippen molar-refractivity contribution in [1.82, 2.24) is 5.32 Å². The molecule has 1 N–H and O–H groups in total. The molecule has 3 aromatic carbocycles. The number of fused-ring (bicyclic) bond motifs is 3. The van der Waals surface area contributed by atoms with Gasteiger partial charge in [0.2, 0.25) is 0 Å². The van der Waals surface area contributed by atoms with Crippen LogP contribution in [0.2, 0.25) is 0 Å². The van der Waals surface area contributed by atoms with Crippen molar-refractivity contribution in [3.05, 3.63) is 95.6 Å². The molecule has 1 atom stereocenters. The number of rotatable bonds is 6. The van der Waals surface area contributed by atoms with Crippen molar-refractivity contribution in [2.75, 3.05) is 6.61 Å². The van der Waals surface area contributed by atoms with Crippen LogP contribution < -0.4 is 5.32 Å². The van der Waals surface area contributed by atoms with Crippen molar-refractivity contribution in [2.24, 2.45) is 0 Å². The third-order valence-electron chi connectivity index (χ3n) is 5.11. The van der Waals surface area contributed by atoms with Gasteiger partial charge in [-0.3, -0.25) is 0 Å². The van der Waals surface area contributed by atoms with E-state index < -0.39 is 12.1 Å². The van der Waals surface area contributed by atoms with E-state index in [1.807, 2.05) is 54.6 Å². The molecule has 140 valence electrons. The summed E-state index contributed by atoms with van der Waals surface area (Å²) in [5, 5.41) is 2.66. The lowest BCUT2D eigenvalue weighted by Crippen LogP contribution is -2.38. The lowest BCUT2D eigenvalue weighted by molar-refractivity contribution is -0.109. The fourth-order valence-corrected chi connectivity index (χ4v) is 3.79. The maximum absolute atomic E-state index is 12.3. The van der Waals surface area contributed by atoms with Crippen molar-refractivity contribution < 1.29 is 14.3 Å². The van der Waals surface area contributed by atoms with Crippen LogP contribution in [0.25, 0.3) is 11.1 Å². The summed E-state index contributed by atoms with van der Waals surface area (Å²) in [6.07, 6.45) is 0.609. The molecule has 1 amide bonds. The fourth-order valence-electron chi connectivity index (χ4n) is 3.79. The molecular formula is C24H21NO3. The van der Waals surface area contributed by atoms with Crippen LogP contribution in [0.1, 0.15) is 22.6 Å². The van der Waals surface area contributed by atoms with Crippen LogP contribution in [-0.2, 0) is 16.0 Å².